The quantitative estimate of drug-likeness (QED) is 0.820. The zero-order valence-electron chi connectivity index (χ0n) is 10.6. The average molecular weight is 241 g/mol. The van der Waals surface area contributed by atoms with Gasteiger partial charge in [0.15, 0.2) is 12.4 Å². The summed E-state index contributed by atoms with van der Waals surface area (Å²) < 4.78 is 2.00. The van der Waals surface area contributed by atoms with Crippen molar-refractivity contribution in [3.63, 3.8) is 0 Å². The molecular formula is C15H17N2O+. The van der Waals surface area contributed by atoms with E-state index in [1.807, 2.05) is 73.3 Å². The normalized spacial score (nSPS) is 10.4. The zero-order valence-corrected chi connectivity index (χ0v) is 10.6. The number of amides is 1. The summed E-state index contributed by atoms with van der Waals surface area (Å²) in [6, 6.07) is 13.6. The van der Waals surface area contributed by atoms with E-state index in [0.29, 0.717) is 5.56 Å². The van der Waals surface area contributed by atoms with Crippen molar-refractivity contribution < 1.29 is 9.36 Å². The molecule has 0 saturated carbocycles. The first-order valence-corrected chi connectivity index (χ1v) is 6.04. The standard InChI is InChI=1S/C15H16N2O/c1-12(2)16-15(18)13-6-8-14(9-7-13)17-10-4-3-5-11-17/h3-12H,1-2H3/p+1. The Hall–Kier alpha value is -2.16. The molecule has 2 aromatic rings. The van der Waals surface area contributed by atoms with E-state index in [1.165, 1.54) is 0 Å². The van der Waals surface area contributed by atoms with Gasteiger partial charge in [-0.1, -0.05) is 6.07 Å². The summed E-state index contributed by atoms with van der Waals surface area (Å²) in [5, 5.41) is 2.87. The number of nitrogens with one attached hydrogen (secondary N) is 1. The van der Waals surface area contributed by atoms with Gasteiger partial charge in [0.1, 0.15) is 0 Å². The zero-order chi connectivity index (χ0) is 13.0. The van der Waals surface area contributed by atoms with Gasteiger partial charge in [-0.05, 0) is 26.0 Å². The lowest BCUT2D eigenvalue weighted by molar-refractivity contribution is -0.595. The van der Waals surface area contributed by atoms with E-state index in [1.54, 1.807) is 0 Å². The van der Waals surface area contributed by atoms with Crippen molar-refractivity contribution in [2.75, 3.05) is 0 Å². The maximum atomic E-state index is 11.8. The third-order valence-corrected chi connectivity index (χ3v) is 2.56. The highest BCUT2D eigenvalue weighted by Gasteiger charge is 2.09. The molecule has 3 heteroatoms. The van der Waals surface area contributed by atoms with Crippen LogP contribution in [0.2, 0.25) is 0 Å². The Kier molecular flexibility index (Phi) is 3.72. The molecule has 0 aliphatic heterocycles. The van der Waals surface area contributed by atoms with E-state index in [0.717, 1.165) is 5.69 Å². The molecule has 0 aliphatic carbocycles. The van der Waals surface area contributed by atoms with E-state index in [9.17, 15) is 4.79 Å². The Balaban J connectivity index is 2.18. The molecule has 0 spiro atoms. The fourth-order valence-corrected chi connectivity index (χ4v) is 1.70. The minimum Gasteiger partial charge on any atom is -0.350 e. The number of pyridine rings is 1. The van der Waals surface area contributed by atoms with Crippen LogP contribution in [0.3, 0.4) is 0 Å². The van der Waals surface area contributed by atoms with E-state index >= 15 is 0 Å². The van der Waals surface area contributed by atoms with Gasteiger partial charge >= 0.3 is 0 Å². The molecule has 1 aromatic carbocycles. The van der Waals surface area contributed by atoms with Gasteiger partial charge < -0.3 is 5.32 Å². The lowest BCUT2D eigenvalue weighted by atomic mass is 10.2. The van der Waals surface area contributed by atoms with Gasteiger partial charge in [0.05, 0.1) is 0 Å². The Morgan fingerprint density at radius 3 is 2.22 bits per heavy atom. The van der Waals surface area contributed by atoms with Crippen LogP contribution in [0.5, 0.6) is 0 Å². The number of nitrogens with zero attached hydrogens (tertiary/aromatic N) is 1. The molecule has 0 saturated heterocycles. The topological polar surface area (TPSA) is 33.0 Å². The van der Waals surface area contributed by atoms with E-state index in [4.69, 9.17) is 0 Å². The van der Waals surface area contributed by atoms with Gasteiger partial charge in [-0.2, -0.15) is 4.57 Å². The van der Waals surface area contributed by atoms with Crippen LogP contribution in [0.25, 0.3) is 5.69 Å². The Bertz CT molecular complexity index is 518. The summed E-state index contributed by atoms with van der Waals surface area (Å²) in [6.07, 6.45) is 3.95. The highest BCUT2D eigenvalue weighted by atomic mass is 16.1. The molecule has 1 amide bonds. The van der Waals surface area contributed by atoms with Crippen molar-refractivity contribution in [1.82, 2.24) is 5.32 Å². The summed E-state index contributed by atoms with van der Waals surface area (Å²) in [6.45, 7) is 3.90. The van der Waals surface area contributed by atoms with Crippen LogP contribution < -0.4 is 9.88 Å². The van der Waals surface area contributed by atoms with Crippen LogP contribution in [0, 0.1) is 0 Å². The predicted molar refractivity (Wildman–Crippen MR) is 70.6 cm³/mol. The molecule has 18 heavy (non-hydrogen) atoms. The lowest BCUT2D eigenvalue weighted by Crippen LogP contribution is -2.31. The first-order chi connectivity index (χ1) is 8.66. The van der Waals surface area contributed by atoms with E-state index in [2.05, 4.69) is 5.32 Å². The predicted octanol–water partition coefficient (Wildman–Crippen LogP) is 2.10. The SMILES string of the molecule is CC(C)NC(=O)c1ccc(-[n+]2ccccc2)cc1. The summed E-state index contributed by atoms with van der Waals surface area (Å²) in [5.41, 5.74) is 1.72. The third-order valence-electron chi connectivity index (χ3n) is 2.56. The van der Waals surface area contributed by atoms with Gasteiger partial charge in [0, 0.05) is 35.9 Å². The second-order valence-electron chi connectivity index (χ2n) is 4.46. The molecule has 1 N–H and O–H groups in total. The monoisotopic (exact) mass is 241 g/mol. The molecule has 3 nitrogen and oxygen atoms in total. The van der Waals surface area contributed by atoms with Crippen molar-refractivity contribution in [2.45, 2.75) is 19.9 Å². The molecule has 2 rings (SSSR count). The Morgan fingerprint density at radius 2 is 1.67 bits per heavy atom. The molecule has 0 radical (unpaired) electrons. The van der Waals surface area contributed by atoms with E-state index in [-0.39, 0.29) is 11.9 Å². The fourth-order valence-electron chi connectivity index (χ4n) is 1.70. The first kappa shape index (κ1) is 12.3. The minimum absolute atomic E-state index is 0.0328. The number of benzene rings is 1. The van der Waals surface area contributed by atoms with Crippen molar-refractivity contribution >= 4 is 5.91 Å². The molecule has 0 atom stereocenters. The number of aromatic nitrogens is 1. The van der Waals surface area contributed by atoms with Crippen LogP contribution in [0.15, 0.2) is 54.9 Å². The smallest absolute Gasteiger partial charge is 0.251 e. The largest absolute Gasteiger partial charge is 0.350 e. The van der Waals surface area contributed by atoms with Gasteiger partial charge in [0.2, 0.25) is 5.69 Å². The van der Waals surface area contributed by atoms with Crippen LogP contribution in [0.1, 0.15) is 24.2 Å². The van der Waals surface area contributed by atoms with Crippen LogP contribution in [0.4, 0.5) is 0 Å². The average Bonchev–Trinajstić information content (AvgIpc) is 2.39. The second-order valence-corrected chi connectivity index (χ2v) is 4.46. The Morgan fingerprint density at radius 1 is 1.06 bits per heavy atom. The van der Waals surface area contributed by atoms with Gasteiger partial charge in [0.25, 0.3) is 5.91 Å². The third kappa shape index (κ3) is 2.94. The van der Waals surface area contributed by atoms with Crippen LogP contribution >= 0.6 is 0 Å². The second kappa shape index (κ2) is 5.45. The first-order valence-electron chi connectivity index (χ1n) is 6.04. The van der Waals surface area contributed by atoms with Crippen LogP contribution in [-0.4, -0.2) is 11.9 Å². The summed E-state index contributed by atoms with van der Waals surface area (Å²) in [5.74, 6) is -0.0328. The number of hydrogen-bond donors (Lipinski definition) is 1. The maximum absolute atomic E-state index is 11.8. The molecule has 0 fully saturated rings. The maximum Gasteiger partial charge on any atom is 0.251 e. The van der Waals surface area contributed by atoms with E-state index < -0.39 is 0 Å². The number of carbonyl (C=O) groups is 1. The van der Waals surface area contributed by atoms with Gasteiger partial charge in [-0.3, -0.25) is 4.79 Å². The lowest BCUT2D eigenvalue weighted by Gasteiger charge is -2.07. The summed E-state index contributed by atoms with van der Waals surface area (Å²) in [4.78, 5) is 11.8. The number of carbonyl (C=O) groups excluding carboxylic acids is 1. The van der Waals surface area contributed by atoms with Crippen molar-refractivity contribution in [2.24, 2.45) is 0 Å². The highest BCUT2D eigenvalue weighted by molar-refractivity contribution is 5.94. The fraction of sp³-hybridized carbons (Fsp3) is 0.200. The molecule has 92 valence electrons. The number of rotatable bonds is 3. The molecule has 0 unspecified atom stereocenters. The molecule has 0 bridgehead atoms. The van der Waals surface area contributed by atoms with Gasteiger partial charge in [-0.15, -0.1) is 0 Å². The number of hydrogen-bond acceptors (Lipinski definition) is 1. The molecular weight excluding hydrogens is 224 g/mol. The summed E-state index contributed by atoms with van der Waals surface area (Å²) in [7, 11) is 0. The van der Waals surface area contributed by atoms with Crippen molar-refractivity contribution in [1.29, 1.82) is 0 Å². The van der Waals surface area contributed by atoms with Gasteiger partial charge in [-0.25, -0.2) is 0 Å². The Labute approximate surface area is 107 Å². The van der Waals surface area contributed by atoms with Crippen molar-refractivity contribution in [3.05, 3.63) is 60.4 Å². The molecule has 1 heterocycles. The molecule has 1 aromatic heterocycles. The summed E-state index contributed by atoms with van der Waals surface area (Å²) >= 11 is 0. The highest BCUT2D eigenvalue weighted by Crippen LogP contribution is 2.04. The minimum atomic E-state index is -0.0328. The molecule has 0 aliphatic rings. The van der Waals surface area contributed by atoms with Crippen molar-refractivity contribution in [3.8, 4) is 5.69 Å². The van der Waals surface area contributed by atoms with Crippen LogP contribution in [-0.2, 0) is 0 Å².